The first kappa shape index (κ1) is 9.06. The number of halogens is 1. The average Bonchev–Trinajstić information content (AvgIpc) is 2.37. The molecule has 0 aliphatic carbocycles. The molecule has 1 N–H and O–H groups in total. The molecule has 0 bridgehead atoms. The Morgan fingerprint density at radius 2 is 2.45 bits per heavy atom. The zero-order valence-corrected chi connectivity index (χ0v) is 8.70. The lowest BCUT2D eigenvalue weighted by molar-refractivity contribution is 0.966. The Bertz CT molecular complexity index is 213. The molecule has 3 nitrogen and oxygen atoms in total. The summed E-state index contributed by atoms with van der Waals surface area (Å²) in [6.45, 7) is 1.90. The smallest absolute Gasteiger partial charge is 0.208 e. The minimum absolute atomic E-state index is 0.850. The SMILES string of the molecule is Cc1nc(SCCCBr)n[nH]1. The van der Waals surface area contributed by atoms with Crippen LogP contribution in [0.1, 0.15) is 12.2 Å². The summed E-state index contributed by atoms with van der Waals surface area (Å²) in [5.41, 5.74) is 0. The third-order valence-corrected chi connectivity index (χ3v) is 2.58. The van der Waals surface area contributed by atoms with Crippen molar-refractivity contribution in [3.8, 4) is 0 Å². The van der Waals surface area contributed by atoms with E-state index < -0.39 is 0 Å². The van der Waals surface area contributed by atoms with Crippen molar-refractivity contribution in [2.75, 3.05) is 11.1 Å². The van der Waals surface area contributed by atoms with Gasteiger partial charge in [0.15, 0.2) is 0 Å². The van der Waals surface area contributed by atoms with E-state index in [1.54, 1.807) is 11.8 Å². The summed E-state index contributed by atoms with van der Waals surface area (Å²) < 4.78 is 0. The first-order valence-electron chi connectivity index (χ1n) is 3.40. The zero-order valence-electron chi connectivity index (χ0n) is 6.30. The maximum absolute atomic E-state index is 4.16. The van der Waals surface area contributed by atoms with Crippen LogP contribution in [0.3, 0.4) is 0 Å². The quantitative estimate of drug-likeness (QED) is 0.493. The average molecular weight is 236 g/mol. The largest absolute Gasteiger partial charge is 0.262 e. The molecule has 0 saturated heterocycles. The summed E-state index contributed by atoms with van der Waals surface area (Å²) in [7, 11) is 0. The van der Waals surface area contributed by atoms with Crippen molar-refractivity contribution in [3.05, 3.63) is 5.82 Å². The van der Waals surface area contributed by atoms with Crippen molar-refractivity contribution in [1.29, 1.82) is 0 Å². The second-order valence-corrected chi connectivity index (χ2v) is 3.95. The van der Waals surface area contributed by atoms with Crippen LogP contribution >= 0.6 is 27.7 Å². The Kier molecular flexibility index (Phi) is 3.93. The van der Waals surface area contributed by atoms with Gasteiger partial charge >= 0.3 is 0 Å². The molecule has 1 aromatic rings. The van der Waals surface area contributed by atoms with E-state index in [9.17, 15) is 0 Å². The van der Waals surface area contributed by atoms with Gasteiger partial charge in [-0.2, -0.15) is 0 Å². The lowest BCUT2D eigenvalue weighted by Crippen LogP contribution is -1.82. The van der Waals surface area contributed by atoms with Crippen LogP contribution in [0.25, 0.3) is 0 Å². The minimum atomic E-state index is 0.850. The molecule has 0 spiro atoms. The van der Waals surface area contributed by atoms with Crippen LogP contribution in [0.4, 0.5) is 0 Å². The minimum Gasteiger partial charge on any atom is -0.262 e. The Balaban J connectivity index is 2.27. The van der Waals surface area contributed by atoms with Crippen molar-refractivity contribution >= 4 is 27.7 Å². The van der Waals surface area contributed by atoms with Crippen molar-refractivity contribution in [3.63, 3.8) is 0 Å². The van der Waals surface area contributed by atoms with Gasteiger partial charge in [0.1, 0.15) is 5.82 Å². The number of nitrogens with one attached hydrogen (secondary N) is 1. The first-order valence-corrected chi connectivity index (χ1v) is 5.51. The summed E-state index contributed by atoms with van der Waals surface area (Å²) in [6.07, 6.45) is 1.15. The van der Waals surface area contributed by atoms with Gasteiger partial charge in [0.2, 0.25) is 5.16 Å². The van der Waals surface area contributed by atoms with E-state index in [-0.39, 0.29) is 0 Å². The van der Waals surface area contributed by atoms with Crippen molar-refractivity contribution in [2.45, 2.75) is 18.5 Å². The van der Waals surface area contributed by atoms with Gasteiger partial charge in [-0.05, 0) is 13.3 Å². The van der Waals surface area contributed by atoms with Crippen LogP contribution in [-0.4, -0.2) is 26.3 Å². The summed E-state index contributed by atoms with van der Waals surface area (Å²) >= 11 is 5.05. The summed E-state index contributed by atoms with van der Waals surface area (Å²) in [5.74, 6) is 1.95. The number of aryl methyl sites for hydroxylation is 1. The van der Waals surface area contributed by atoms with E-state index in [1.807, 2.05) is 6.92 Å². The summed E-state index contributed by atoms with van der Waals surface area (Å²) in [5, 5.41) is 8.70. The molecule has 0 aromatic carbocycles. The standard InChI is InChI=1S/C6H10BrN3S/c1-5-8-6(10-9-5)11-4-2-3-7/h2-4H2,1H3,(H,8,9,10). The molecule has 11 heavy (non-hydrogen) atoms. The van der Waals surface area contributed by atoms with Crippen molar-refractivity contribution in [2.24, 2.45) is 0 Å². The maximum atomic E-state index is 4.16. The van der Waals surface area contributed by atoms with Crippen LogP contribution in [0.5, 0.6) is 0 Å². The predicted octanol–water partition coefficient (Wildman–Crippen LogP) is 1.99. The molecule has 0 fully saturated rings. The molecule has 0 unspecified atom stereocenters. The number of alkyl halides is 1. The van der Waals surface area contributed by atoms with E-state index in [0.29, 0.717) is 0 Å². The van der Waals surface area contributed by atoms with Gasteiger partial charge in [0.05, 0.1) is 0 Å². The van der Waals surface area contributed by atoms with Gasteiger partial charge in [0.25, 0.3) is 0 Å². The van der Waals surface area contributed by atoms with E-state index in [0.717, 1.165) is 28.5 Å². The number of H-pyrrole nitrogens is 1. The molecule has 1 rings (SSSR count). The highest BCUT2D eigenvalue weighted by molar-refractivity contribution is 9.09. The Morgan fingerprint density at radius 1 is 1.64 bits per heavy atom. The van der Waals surface area contributed by atoms with Gasteiger partial charge < -0.3 is 0 Å². The highest BCUT2D eigenvalue weighted by Gasteiger charge is 1.98. The summed E-state index contributed by atoms with van der Waals surface area (Å²) in [4.78, 5) is 4.16. The highest BCUT2D eigenvalue weighted by atomic mass is 79.9. The molecular weight excluding hydrogens is 226 g/mol. The molecule has 0 radical (unpaired) electrons. The van der Waals surface area contributed by atoms with Crippen LogP contribution in [-0.2, 0) is 0 Å². The third-order valence-electron chi connectivity index (χ3n) is 1.09. The maximum Gasteiger partial charge on any atom is 0.208 e. The molecule has 1 aromatic heterocycles. The van der Waals surface area contributed by atoms with E-state index in [1.165, 1.54) is 0 Å². The Labute approximate surface area is 78.5 Å². The fraction of sp³-hybridized carbons (Fsp3) is 0.667. The molecule has 0 aliphatic heterocycles. The third kappa shape index (κ3) is 3.25. The van der Waals surface area contributed by atoms with Crippen molar-refractivity contribution < 1.29 is 0 Å². The van der Waals surface area contributed by atoms with Gasteiger partial charge in [-0.3, -0.25) is 5.10 Å². The van der Waals surface area contributed by atoms with Crippen LogP contribution in [0.15, 0.2) is 5.16 Å². The number of nitrogens with zero attached hydrogens (tertiary/aromatic N) is 2. The zero-order chi connectivity index (χ0) is 8.10. The van der Waals surface area contributed by atoms with Crippen molar-refractivity contribution in [1.82, 2.24) is 15.2 Å². The number of aromatic amines is 1. The molecule has 0 atom stereocenters. The molecule has 1 heterocycles. The number of aromatic nitrogens is 3. The fourth-order valence-corrected chi connectivity index (χ4v) is 2.04. The number of hydrogen-bond donors (Lipinski definition) is 1. The number of hydrogen-bond acceptors (Lipinski definition) is 3. The molecular formula is C6H10BrN3S. The highest BCUT2D eigenvalue weighted by Crippen LogP contribution is 2.13. The van der Waals surface area contributed by atoms with E-state index >= 15 is 0 Å². The molecule has 0 aliphatic rings. The Hall–Kier alpha value is -0.0300. The van der Waals surface area contributed by atoms with Gasteiger partial charge in [-0.25, -0.2) is 4.98 Å². The monoisotopic (exact) mass is 235 g/mol. The molecule has 62 valence electrons. The molecule has 0 saturated carbocycles. The molecule has 0 amide bonds. The fourth-order valence-electron chi connectivity index (χ4n) is 0.605. The van der Waals surface area contributed by atoms with Crippen LogP contribution < -0.4 is 0 Å². The van der Waals surface area contributed by atoms with E-state index in [2.05, 4.69) is 31.1 Å². The van der Waals surface area contributed by atoms with Gasteiger partial charge in [-0.15, -0.1) is 5.10 Å². The second kappa shape index (κ2) is 4.77. The molecule has 5 heteroatoms. The lowest BCUT2D eigenvalue weighted by atomic mass is 10.6. The number of rotatable bonds is 4. The topological polar surface area (TPSA) is 41.6 Å². The second-order valence-electron chi connectivity index (χ2n) is 2.09. The predicted molar refractivity (Wildman–Crippen MR) is 50.3 cm³/mol. The Morgan fingerprint density at radius 3 is 3.00 bits per heavy atom. The number of thioether (sulfide) groups is 1. The van der Waals surface area contributed by atoms with Gasteiger partial charge in [-0.1, -0.05) is 27.7 Å². The van der Waals surface area contributed by atoms with Crippen LogP contribution in [0.2, 0.25) is 0 Å². The van der Waals surface area contributed by atoms with Gasteiger partial charge in [0, 0.05) is 11.1 Å². The lowest BCUT2D eigenvalue weighted by Gasteiger charge is -1.90. The van der Waals surface area contributed by atoms with E-state index in [4.69, 9.17) is 0 Å². The first-order chi connectivity index (χ1) is 5.33. The summed E-state index contributed by atoms with van der Waals surface area (Å²) in [6, 6.07) is 0. The normalized spacial score (nSPS) is 10.4. The van der Waals surface area contributed by atoms with Crippen LogP contribution in [0, 0.1) is 6.92 Å².